The molecule has 2 amide bonds. The zero-order valence-corrected chi connectivity index (χ0v) is 26.4. The van der Waals surface area contributed by atoms with Gasteiger partial charge in [0.2, 0.25) is 17.6 Å². The van der Waals surface area contributed by atoms with Crippen LogP contribution in [0.15, 0.2) is 63.5 Å². The molecule has 1 atom stereocenters. The zero-order valence-electron chi connectivity index (χ0n) is 26.4. The number of amides is 2. The number of carbonyl (C=O) groups excluding carboxylic acids is 2. The Labute approximate surface area is 269 Å². The second-order valence-corrected chi connectivity index (χ2v) is 11.8. The Morgan fingerprint density at radius 3 is 2.50 bits per heavy atom. The molecule has 5 rings (SSSR count). The lowest BCUT2D eigenvalue weighted by Crippen LogP contribution is -2.43. The molecular formula is C33H42N11O2+. The van der Waals surface area contributed by atoms with Crippen LogP contribution in [-0.2, 0) is 9.59 Å². The molecular weight excluding hydrogens is 582 g/mol. The minimum absolute atomic E-state index is 0.0545. The van der Waals surface area contributed by atoms with Crippen LogP contribution < -0.4 is 22.1 Å². The van der Waals surface area contributed by atoms with Crippen molar-refractivity contribution in [3.63, 3.8) is 0 Å². The molecule has 3 aliphatic heterocycles. The number of nitrogens with zero attached hydrogens (tertiary/aromatic N) is 7. The third kappa shape index (κ3) is 6.59. The van der Waals surface area contributed by atoms with E-state index in [9.17, 15) is 9.59 Å². The number of aliphatic imine (C=N–C) groups is 3. The summed E-state index contributed by atoms with van der Waals surface area (Å²) in [6.45, 7) is 3.31. The van der Waals surface area contributed by atoms with E-state index < -0.39 is 5.41 Å². The summed E-state index contributed by atoms with van der Waals surface area (Å²) in [7, 11) is 3.23. The maximum Gasteiger partial charge on any atom is 0.237 e. The Morgan fingerprint density at radius 2 is 1.83 bits per heavy atom. The van der Waals surface area contributed by atoms with Crippen molar-refractivity contribution in [2.75, 3.05) is 64.0 Å². The molecule has 0 aliphatic carbocycles. The number of hydrogen-bond donors (Lipinski definition) is 4. The largest absolute Gasteiger partial charge is 0.398 e. The highest BCUT2D eigenvalue weighted by Crippen LogP contribution is 2.42. The Bertz CT molecular complexity index is 1660. The smallest absolute Gasteiger partial charge is 0.237 e. The van der Waals surface area contributed by atoms with Gasteiger partial charge >= 0.3 is 0 Å². The number of nitrogens with two attached hydrogens (primary N) is 3. The molecule has 13 heteroatoms. The quantitative estimate of drug-likeness (QED) is 0.141. The second kappa shape index (κ2) is 13.9. The van der Waals surface area contributed by atoms with Gasteiger partial charge in [-0.15, -0.1) is 0 Å². The van der Waals surface area contributed by atoms with Crippen molar-refractivity contribution >= 4 is 59.4 Å². The van der Waals surface area contributed by atoms with Gasteiger partial charge in [-0.05, 0) is 55.1 Å². The van der Waals surface area contributed by atoms with E-state index in [-0.39, 0.29) is 17.6 Å². The summed E-state index contributed by atoms with van der Waals surface area (Å²) in [4.78, 5) is 44.8. The van der Waals surface area contributed by atoms with Gasteiger partial charge in [0.05, 0.1) is 24.6 Å². The van der Waals surface area contributed by atoms with Crippen molar-refractivity contribution in [1.29, 1.82) is 5.41 Å². The molecule has 0 radical (unpaired) electrons. The van der Waals surface area contributed by atoms with Gasteiger partial charge in [-0.25, -0.2) is 9.57 Å². The molecule has 7 N–H and O–H groups in total. The Hall–Kier alpha value is -5.17. The van der Waals surface area contributed by atoms with E-state index in [0.29, 0.717) is 74.9 Å². The number of rotatable bonds is 9. The molecule has 2 aromatic rings. The summed E-state index contributed by atoms with van der Waals surface area (Å²) >= 11 is 0. The summed E-state index contributed by atoms with van der Waals surface area (Å²) in [6, 6.07) is 13.3. The molecule has 3 heterocycles. The predicted molar refractivity (Wildman–Crippen MR) is 184 cm³/mol. The zero-order chi connectivity index (χ0) is 32.8. The monoisotopic (exact) mass is 624 g/mol. The lowest BCUT2D eigenvalue weighted by atomic mass is 9.85. The number of hydrogen-bond acceptors (Lipinski definition) is 7. The fraction of sp³-hybridized carbons (Fsp3) is 0.364. The van der Waals surface area contributed by atoms with Gasteiger partial charge in [0, 0.05) is 50.2 Å². The molecule has 2 saturated heterocycles. The van der Waals surface area contributed by atoms with Crippen LogP contribution in [0.2, 0.25) is 0 Å². The number of likely N-dealkylation sites (tertiary alicyclic amines) is 1. The van der Waals surface area contributed by atoms with Gasteiger partial charge in [0.15, 0.2) is 12.7 Å². The molecule has 1 spiro atoms. The van der Waals surface area contributed by atoms with Crippen LogP contribution >= 0.6 is 0 Å². The SMILES string of the molecule is CN=CN=C(N)c1ccc(C2=CCN(C(=O)CN3CC[C@]4(CCN(c5ccc(N)c(C(N)=[N+](C=N)C=NC)c5)C4=O)C3)CC2)cc1. The number of amidine groups is 2. The van der Waals surface area contributed by atoms with E-state index in [1.807, 2.05) is 35.2 Å². The van der Waals surface area contributed by atoms with Gasteiger partial charge in [0.25, 0.3) is 0 Å². The van der Waals surface area contributed by atoms with Crippen molar-refractivity contribution in [2.24, 2.45) is 31.9 Å². The van der Waals surface area contributed by atoms with Crippen LogP contribution in [-0.4, -0.2) is 110 Å². The van der Waals surface area contributed by atoms with Gasteiger partial charge in [0.1, 0.15) is 12.2 Å². The van der Waals surface area contributed by atoms with Crippen LogP contribution in [0.1, 0.15) is 36.0 Å². The maximum atomic E-state index is 13.8. The van der Waals surface area contributed by atoms with E-state index in [1.165, 1.54) is 22.8 Å². The molecule has 240 valence electrons. The molecule has 13 nitrogen and oxygen atoms in total. The lowest BCUT2D eigenvalue weighted by Gasteiger charge is -2.29. The lowest BCUT2D eigenvalue weighted by molar-refractivity contribution is -0.247. The molecule has 0 saturated carbocycles. The predicted octanol–water partition coefficient (Wildman–Crippen LogP) is 1.36. The highest BCUT2D eigenvalue weighted by molar-refractivity contribution is 6.05. The number of anilines is 2. The number of benzene rings is 2. The fourth-order valence-corrected chi connectivity index (χ4v) is 6.40. The van der Waals surface area contributed by atoms with Crippen molar-refractivity contribution < 1.29 is 14.2 Å². The topological polar surface area (TPSA) is 186 Å². The van der Waals surface area contributed by atoms with E-state index in [0.717, 1.165) is 23.9 Å². The molecule has 0 bridgehead atoms. The van der Waals surface area contributed by atoms with Gasteiger partial charge in [-0.3, -0.25) is 19.5 Å². The Balaban J connectivity index is 1.19. The minimum Gasteiger partial charge on any atom is -0.398 e. The van der Waals surface area contributed by atoms with Crippen molar-refractivity contribution in [3.05, 3.63) is 65.2 Å². The Kier molecular flexibility index (Phi) is 9.71. The summed E-state index contributed by atoms with van der Waals surface area (Å²) in [5, 5.41) is 7.65. The van der Waals surface area contributed by atoms with Gasteiger partial charge in [-0.2, -0.15) is 10.4 Å². The van der Waals surface area contributed by atoms with E-state index in [2.05, 4.69) is 26.0 Å². The van der Waals surface area contributed by atoms with Crippen LogP contribution in [0, 0.1) is 10.8 Å². The number of carbonyl (C=O) groups is 2. The van der Waals surface area contributed by atoms with Crippen molar-refractivity contribution in [2.45, 2.75) is 19.3 Å². The fourth-order valence-electron chi connectivity index (χ4n) is 6.40. The summed E-state index contributed by atoms with van der Waals surface area (Å²) in [5.41, 5.74) is 22.8. The molecule has 2 aromatic carbocycles. The van der Waals surface area contributed by atoms with Crippen molar-refractivity contribution in [3.8, 4) is 0 Å². The first kappa shape index (κ1) is 32.2. The average Bonchev–Trinajstić information content (AvgIpc) is 3.64. The van der Waals surface area contributed by atoms with Crippen LogP contribution in [0.25, 0.3) is 5.57 Å². The first-order chi connectivity index (χ1) is 22.2. The summed E-state index contributed by atoms with van der Waals surface area (Å²) < 4.78 is 1.36. The highest BCUT2D eigenvalue weighted by Gasteiger charge is 2.51. The first-order valence-corrected chi connectivity index (χ1v) is 15.3. The van der Waals surface area contributed by atoms with Crippen molar-refractivity contribution in [1.82, 2.24) is 9.80 Å². The molecule has 3 aliphatic rings. The summed E-state index contributed by atoms with van der Waals surface area (Å²) in [5.74, 6) is 0.791. The Morgan fingerprint density at radius 1 is 1.07 bits per heavy atom. The van der Waals surface area contributed by atoms with E-state index >= 15 is 0 Å². The number of nitrogen functional groups attached to an aromatic ring is 1. The second-order valence-electron chi connectivity index (χ2n) is 11.8. The molecule has 46 heavy (non-hydrogen) atoms. The van der Waals surface area contributed by atoms with Gasteiger partial charge < -0.3 is 27.0 Å². The third-order valence-electron chi connectivity index (χ3n) is 9.01. The summed E-state index contributed by atoms with van der Waals surface area (Å²) in [6.07, 6.45) is 8.20. The molecule has 0 unspecified atom stereocenters. The normalized spacial score (nSPS) is 21.5. The third-order valence-corrected chi connectivity index (χ3v) is 9.01. The highest BCUT2D eigenvalue weighted by atomic mass is 16.2. The van der Waals surface area contributed by atoms with Gasteiger partial charge in [-0.1, -0.05) is 30.3 Å². The molecule has 2 fully saturated rings. The molecule has 0 aromatic heterocycles. The minimum atomic E-state index is -0.522. The van der Waals surface area contributed by atoms with E-state index in [4.69, 9.17) is 22.6 Å². The van der Waals surface area contributed by atoms with Crippen LogP contribution in [0.5, 0.6) is 0 Å². The van der Waals surface area contributed by atoms with Crippen LogP contribution in [0.3, 0.4) is 0 Å². The number of nitrogens with one attached hydrogen (secondary N) is 1. The standard InChI is InChI=1S/C33H41N11O2/c1-38-21-40-30(36)25-5-3-23(4-6-25)24-9-13-42(14-10-24)29(45)18-41-15-11-33(19-41)12-16-44(32(33)46)26-7-8-28(35)27(17-26)31(37)43(20-34)22-39-2/h3-9,17,20-22,34H,10-16,18-19H2,1-2H3,(H5,35,36,37,38,40)/p+1/t33-/m0/s1. The maximum absolute atomic E-state index is 13.8. The first-order valence-electron chi connectivity index (χ1n) is 15.3. The van der Waals surface area contributed by atoms with E-state index in [1.54, 1.807) is 31.1 Å². The van der Waals surface area contributed by atoms with Crippen LogP contribution in [0.4, 0.5) is 11.4 Å². The average molecular weight is 625 g/mol.